The molecule has 0 fully saturated rings. The summed E-state index contributed by atoms with van der Waals surface area (Å²) in [4.78, 5) is 8.48. The molecule has 0 amide bonds. The SMILES string of the molecule is Cc1cc(C)nc(NN=Cc2cccc(Br)c2)n1. The van der Waals surface area contributed by atoms with Crippen molar-refractivity contribution in [3.05, 3.63) is 51.8 Å². The number of nitrogens with zero attached hydrogens (tertiary/aromatic N) is 3. The zero-order valence-electron chi connectivity index (χ0n) is 10.2. The van der Waals surface area contributed by atoms with E-state index in [0.717, 1.165) is 21.4 Å². The molecule has 0 aliphatic heterocycles. The van der Waals surface area contributed by atoms with Crippen molar-refractivity contribution in [1.82, 2.24) is 9.97 Å². The van der Waals surface area contributed by atoms with E-state index >= 15 is 0 Å². The summed E-state index contributed by atoms with van der Waals surface area (Å²) in [5, 5.41) is 4.11. The molecular formula is C13H13BrN4. The van der Waals surface area contributed by atoms with E-state index in [-0.39, 0.29) is 0 Å². The third kappa shape index (κ3) is 3.63. The van der Waals surface area contributed by atoms with Gasteiger partial charge in [-0.2, -0.15) is 5.10 Å². The monoisotopic (exact) mass is 304 g/mol. The fraction of sp³-hybridized carbons (Fsp3) is 0.154. The molecule has 2 aromatic rings. The topological polar surface area (TPSA) is 50.2 Å². The number of aryl methyl sites for hydroxylation is 2. The first-order chi connectivity index (χ1) is 8.63. The molecule has 1 N–H and O–H groups in total. The number of rotatable bonds is 3. The van der Waals surface area contributed by atoms with Crippen LogP contribution in [0.4, 0.5) is 5.95 Å². The molecule has 0 radical (unpaired) electrons. The van der Waals surface area contributed by atoms with Crippen molar-refractivity contribution in [2.75, 3.05) is 5.43 Å². The van der Waals surface area contributed by atoms with Crippen LogP contribution in [0.3, 0.4) is 0 Å². The highest BCUT2D eigenvalue weighted by Crippen LogP contribution is 2.10. The van der Waals surface area contributed by atoms with Gasteiger partial charge in [-0.15, -0.1) is 0 Å². The highest BCUT2D eigenvalue weighted by atomic mass is 79.9. The zero-order valence-corrected chi connectivity index (χ0v) is 11.8. The molecule has 0 aliphatic rings. The molecule has 18 heavy (non-hydrogen) atoms. The van der Waals surface area contributed by atoms with E-state index in [0.29, 0.717) is 5.95 Å². The number of aromatic nitrogens is 2. The summed E-state index contributed by atoms with van der Waals surface area (Å²) in [7, 11) is 0. The van der Waals surface area contributed by atoms with Crippen molar-refractivity contribution in [1.29, 1.82) is 0 Å². The number of hydrogen-bond donors (Lipinski definition) is 1. The second kappa shape index (κ2) is 5.73. The molecule has 0 aliphatic carbocycles. The molecule has 1 heterocycles. The van der Waals surface area contributed by atoms with Gasteiger partial charge in [0.1, 0.15) is 0 Å². The average molecular weight is 305 g/mol. The van der Waals surface area contributed by atoms with Gasteiger partial charge in [-0.25, -0.2) is 15.4 Å². The minimum absolute atomic E-state index is 0.513. The van der Waals surface area contributed by atoms with Crippen molar-refractivity contribution >= 4 is 28.1 Å². The maximum Gasteiger partial charge on any atom is 0.243 e. The average Bonchev–Trinajstić information content (AvgIpc) is 2.27. The third-order valence-corrected chi connectivity index (χ3v) is 2.70. The molecule has 0 saturated carbocycles. The van der Waals surface area contributed by atoms with E-state index in [9.17, 15) is 0 Å². The van der Waals surface area contributed by atoms with E-state index in [1.54, 1.807) is 6.21 Å². The molecule has 0 bridgehead atoms. The largest absolute Gasteiger partial charge is 0.245 e. The van der Waals surface area contributed by atoms with E-state index in [2.05, 4.69) is 36.4 Å². The third-order valence-electron chi connectivity index (χ3n) is 2.21. The molecule has 0 spiro atoms. The van der Waals surface area contributed by atoms with Gasteiger partial charge < -0.3 is 0 Å². The molecule has 0 atom stereocenters. The Balaban J connectivity index is 2.07. The normalized spacial score (nSPS) is 10.8. The Morgan fingerprint density at radius 3 is 2.56 bits per heavy atom. The fourth-order valence-corrected chi connectivity index (χ4v) is 1.94. The van der Waals surface area contributed by atoms with Gasteiger partial charge in [0.05, 0.1) is 6.21 Å². The standard InChI is InChI=1S/C13H13BrN4/c1-9-6-10(2)17-13(16-9)18-15-8-11-4-3-5-12(14)7-11/h3-8H,1-2H3,(H,16,17,18). The molecule has 4 nitrogen and oxygen atoms in total. The summed E-state index contributed by atoms with van der Waals surface area (Å²) in [6.45, 7) is 3.86. The molecule has 92 valence electrons. The Hall–Kier alpha value is -1.75. The second-order valence-electron chi connectivity index (χ2n) is 3.90. The van der Waals surface area contributed by atoms with Crippen LogP contribution in [0.25, 0.3) is 0 Å². The zero-order chi connectivity index (χ0) is 13.0. The maximum atomic E-state index is 4.24. The lowest BCUT2D eigenvalue weighted by Gasteiger charge is -2.01. The maximum absolute atomic E-state index is 4.24. The number of hydrogen-bond acceptors (Lipinski definition) is 4. The fourth-order valence-electron chi connectivity index (χ4n) is 1.53. The second-order valence-corrected chi connectivity index (χ2v) is 4.81. The first-order valence-electron chi connectivity index (χ1n) is 5.50. The lowest BCUT2D eigenvalue weighted by Crippen LogP contribution is -1.99. The molecule has 1 aromatic heterocycles. The van der Waals surface area contributed by atoms with Crippen LogP contribution in [0, 0.1) is 13.8 Å². The van der Waals surface area contributed by atoms with Crippen LogP contribution in [0.1, 0.15) is 17.0 Å². The van der Waals surface area contributed by atoms with Crippen molar-refractivity contribution < 1.29 is 0 Å². The summed E-state index contributed by atoms with van der Waals surface area (Å²) >= 11 is 3.41. The van der Waals surface area contributed by atoms with E-state index in [1.165, 1.54) is 0 Å². The predicted molar refractivity (Wildman–Crippen MR) is 76.9 cm³/mol. The van der Waals surface area contributed by atoms with Crippen LogP contribution in [0.15, 0.2) is 39.9 Å². The minimum Gasteiger partial charge on any atom is -0.245 e. The summed E-state index contributed by atoms with van der Waals surface area (Å²) in [5.41, 5.74) is 5.67. The molecule has 1 aromatic carbocycles. The van der Waals surface area contributed by atoms with Crippen molar-refractivity contribution in [2.24, 2.45) is 5.10 Å². The van der Waals surface area contributed by atoms with Crippen molar-refractivity contribution in [3.8, 4) is 0 Å². The van der Waals surface area contributed by atoms with Gasteiger partial charge in [0, 0.05) is 15.9 Å². The Morgan fingerprint density at radius 2 is 1.89 bits per heavy atom. The van der Waals surface area contributed by atoms with Gasteiger partial charge >= 0.3 is 0 Å². The molecule has 0 saturated heterocycles. The van der Waals surface area contributed by atoms with Gasteiger partial charge in [0.2, 0.25) is 5.95 Å². The van der Waals surface area contributed by atoms with Crippen LogP contribution < -0.4 is 5.43 Å². The predicted octanol–water partition coefficient (Wildman–Crippen LogP) is 3.30. The lowest BCUT2D eigenvalue weighted by atomic mass is 10.2. The number of hydrazone groups is 1. The van der Waals surface area contributed by atoms with Gasteiger partial charge in [0.25, 0.3) is 0 Å². The number of nitrogens with one attached hydrogen (secondary N) is 1. The quantitative estimate of drug-likeness (QED) is 0.699. The number of anilines is 1. The Morgan fingerprint density at radius 1 is 1.17 bits per heavy atom. The highest BCUT2D eigenvalue weighted by Gasteiger charge is 1.96. The van der Waals surface area contributed by atoms with Crippen LogP contribution in [-0.2, 0) is 0 Å². The molecule has 5 heteroatoms. The summed E-state index contributed by atoms with van der Waals surface area (Å²) in [6, 6.07) is 9.80. The van der Waals surface area contributed by atoms with Crippen LogP contribution in [0.2, 0.25) is 0 Å². The van der Waals surface area contributed by atoms with E-state index in [1.807, 2.05) is 44.2 Å². The molecule has 2 rings (SSSR count). The Kier molecular flexibility index (Phi) is 4.04. The first kappa shape index (κ1) is 12.7. The number of benzene rings is 1. The Labute approximate surface area is 114 Å². The van der Waals surface area contributed by atoms with Crippen LogP contribution in [-0.4, -0.2) is 16.2 Å². The molecular weight excluding hydrogens is 292 g/mol. The highest BCUT2D eigenvalue weighted by molar-refractivity contribution is 9.10. The Bertz CT molecular complexity index is 561. The minimum atomic E-state index is 0.513. The number of halogens is 1. The van der Waals surface area contributed by atoms with Gasteiger partial charge in [-0.05, 0) is 37.6 Å². The van der Waals surface area contributed by atoms with Crippen molar-refractivity contribution in [2.45, 2.75) is 13.8 Å². The summed E-state index contributed by atoms with van der Waals surface area (Å²) in [5.74, 6) is 0.513. The van der Waals surface area contributed by atoms with Gasteiger partial charge in [-0.3, -0.25) is 0 Å². The lowest BCUT2D eigenvalue weighted by molar-refractivity contribution is 1.04. The van der Waals surface area contributed by atoms with Gasteiger partial charge in [0.15, 0.2) is 0 Å². The van der Waals surface area contributed by atoms with E-state index < -0.39 is 0 Å². The van der Waals surface area contributed by atoms with Crippen molar-refractivity contribution in [3.63, 3.8) is 0 Å². The van der Waals surface area contributed by atoms with Gasteiger partial charge in [-0.1, -0.05) is 28.1 Å². The van der Waals surface area contributed by atoms with Crippen LogP contribution >= 0.6 is 15.9 Å². The summed E-state index contributed by atoms with van der Waals surface area (Å²) in [6.07, 6.45) is 1.73. The van der Waals surface area contributed by atoms with Crippen LogP contribution in [0.5, 0.6) is 0 Å². The summed E-state index contributed by atoms with van der Waals surface area (Å²) < 4.78 is 1.02. The van der Waals surface area contributed by atoms with E-state index in [4.69, 9.17) is 0 Å². The smallest absolute Gasteiger partial charge is 0.243 e. The molecule has 0 unspecified atom stereocenters. The first-order valence-corrected chi connectivity index (χ1v) is 6.30.